The minimum atomic E-state index is 0.190. The number of rotatable bonds is 11. The molecule has 4 rings (SSSR count). The molecule has 5 unspecified atom stereocenters. The highest BCUT2D eigenvalue weighted by atomic mass is 16.5. The van der Waals surface area contributed by atoms with E-state index in [4.69, 9.17) is 10.5 Å². The topological polar surface area (TPSA) is 91.6 Å². The molecule has 0 radical (unpaired) electrons. The number of nitrogens with zero attached hydrogens (tertiary/aromatic N) is 1. The quantitative estimate of drug-likeness (QED) is 0.342. The van der Waals surface area contributed by atoms with Crippen molar-refractivity contribution in [3.05, 3.63) is 0 Å². The molecule has 34 heavy (non-hydrogen) atoms. The fraction of sp³-hybridized carbons (Fsp3) is 0.963. The molecular formula is C27H51N5O2. The van der Waals surface area contributed by atoms with Crippen LogP contribution < -0.4 is 21.7 Å². The Bertz CT molecular complexity index is 612. The third-order valence-corrected chi connectivity index (χ3v) is 9.45. The van der Waals surface area contributed by atoms with Crippen LogP contribution in [-0.2, 0) is 9.53 Å². The second-order valence-electron chi connectivity index (χ2n) is 11.7. The monoisotopic (exact) mass is 477 g/mol. The van der Waals surface area contributed by atoms with Crippen LogP contribution in [0, 0.1) is 29.6 Å². The highest BCUT2D eigenvalue weighted by molar-refractivity contribution is 5.78. The number of nitrogens with two attached hydrogens (primary N) is 1. The molecule has 3 saturated carbocycles. The molecular weight excluding hydrogens is 426 g/mol. The van der Waals surface area contributed by atoms with E-state index in [-0.39, 0.29) is 11.8 Å². The number of hydrogen-bond donors (Lipinski definition) is 4. The van der Waals surface area contributed by atoms with Gasteiger partial charge in [-0.25, -0.2) is 0 Å². The van der Waals surface area contributed by atoms with E-state index in [1.165, 1.54) is 64.3 Å². The third kappa shape index (κ3) is 7.16. The van der Waals surface area contributed by atoms with E-state index < -0.39 is 0 Å². The number of amides is 1. The van der Waals surface area contributed by atoms with E-state index in [0.717, 1.165) is 56.9 Å². The Morgan fingerprint density at radius 1 is 1.00 bits per heavy atom. The molecule has 0 aromatic rings. The summed E-state index contributed by atoms with van der Waals surface area (Å²) in [6.07, 6.45) is 14.3. The van der Waals surface area contributed by atoms with Crippen LogP contribution in [0.1, 0.15) is 70.6 Å². The molecule has 1 heterocycles. The van der Waals surface area contributed by atoms with E-state index in [2.05, 4.69) is 20.9 Å². The van der Waals surface area contributed by atoms with Crippen LogP contribution in [0.15, 0.2) is 0 Å². The van der Waals surface area contributed by atoms with Gasteiger partial charge in [0, 0.05) is 58.0 Å². The Balaban J connectivity index is 1.22. The van der Waals surface area contributed by atoms with Crippen LogP contribution in [0.3, 0.4) is 0 Å². The average molecular weight is 478 g/mol. The van der Waals surface area contributed by atoms with Gasteiger partial charge in [-0.05, 0) is 94.4 Å². The van der Waals surface area contributed by atoms with Crippen LogP contribution >= 0.6 is 0 Å². The van der Waals surface area contributed by atoms with Gasteiger partial charge in [-0.1, -0.05) is 6.42 Å². The lowest BCUT2D eigenvalue weighted by molar-refractivity contribution is -0.126. The summed E-state index contributed by atoms with van der Waals surface area (Å²) in [7, 11) is 1.68. The van der Waals surface area contributed by atoms with Gasteiger partial charge in [0.05, 0.1) is 6.61 Å². The maximum atomic E-state index is 12.6. The number of fused-ring (bicyclic) bond motifs is 1. The molecule has 1 saturated heterocycles. The van der Waals surface area contributed by atoms with Crippen LogP contribution in [-0.4, -0.2) is 76.0 Å². The highest BCUT2D eigenvalue weighted by Gasteiger charge is 2.42. The summed E-state index contributed by atoms with van der Waals surface area (Å²) >= 11 is 0. The van der Waals surface area contributed by atoms with Crippen molar-refractivity contribution in [3.63, 3.8) is 0 Å². The lowest BCUT2D eigenvalue weighted by Gasteiger charge is -2.42. The standard InChI is InChI=1S/C27H51N5O2/c1-34-14-13-30-27(33)24-4-2-3-21(15-24)18-32-19-31-25-10-9-23(16-26(25)32)22-7-5-20(6-8-22)17-29-12-11-28/h20-26,29,31H,2-19,28H2,1H3,(H,30,33). The molecule has 4 aliphatic rings. The first-order chi connectivity index (χ1) is 16.7. The molecule has 1 aliphatic heterocycles. The van der Waals surface area contributed by atoms with Gasteiger partial charge in [-0.2, -0.15) is 0 Å². The van der Waals surface area contributed by atoms with Gasteiger partial charge in [-0.3, -0.25) is 15.0 Å². The van der Waals surface area contributed by atoms with Gasteiger partial charge in [0.15, 0.2) is 0 Å². The zero-order valence-corrected chi connectivity index (χ0v) is 21.6. The molecule has 3 aliphatic carbocycles. The molecule has 0 aromatic carbocycles. The minimum absolute atomic E-state index is 0.190. The Labute approximate surface area is 207 Å². The average Bonchev–Trinajstić information content (AvgIpc) is 3.27. The largest absolute Gasteiger partial charge is 0.383 e. The molecule has 1 amide bonds. The van der Waals surface area contributed by atoms with E-state index >= 15 is 0 Å². The van der Waals surface area contributed by atoms with Crippen LogP contribution in [0.25, 0.3) is 0 Å². The highest BCUT2D eigenvalue weighted by Crippen LogP contribution is 2.42. The van der Waals surface area contributed by atoms with Gasteiger partial charge in [0.1, 0.15) is 0 Å². The van der Waals surface area contributed by atoms with Crippen molar-refractivity contribution in [2.24, 2.45) is 35.3 Å². The van der Waals surface area contributed by atoms with Crippen molar-refractivity contribution in [1.82, 2.24) is 20.9 Å². The Kier molecular flexibility index (Phi) is 10.5. The van der Waals surface area contributed by atoms with Crippen molar-refractivity contribution in [2.45, 2.75) is 82.7 Å². The Morgan fingerprint density at radius 3 is 2.62 bits per heavy atom. The van der Waals surface area contributed by atoms with Crippen LogP contribution in [0.2, 0.25) is 0 Å². The Morgan fingerprint density at radius 2 is 1.82 bits per heavy atom. The number of hydrogen-bond acceptors (Lipinski definition) is 6. The maximum absolute atomic E-state index is 12.6. The van der Waals surface area contributed by atoms with Crippen molar-refractivity contribution in [1.29, 1.82) is 0 Å². The summed E-state index contributed by atoms with van der Waals surface area (Å²) in [5.74, 6) is 3.79. The Hall–Kier alpha value is -0.730. The smallest absolute Gasteiger partial charge is 0.223 e. The van der Waals surface area contributed by atoms with Gasteiger partial charge >= 0.3 is 0 Å². The molecule has 0 aromatic heterocycles. The first kappa shape index (κ1) is 26.3. The predicted octanol–water partition coefficient (Wildman–Crippen LogP) is 2.31. The van der Waals surface area contributed by atoms with Gasteiger partial charge in [0.2, 0.25) is 5.91 Å². The van der Waals surface area contributed by atoms with E-state index in [1.54, 1.807) is 7.11 Å². The molecule has 4 fully saturated rings. The molecule has 7 nitrogen and oxygen atoms in total. The summed E-state index contributed by atoms with van der Waals surface area (Å²) in [6, 6.07) is 1.39. The summed E-state index contributed by atoms with van der Waals surface area (Å²) in [5.41, 5.74) is 5.63. The number of nitrogens with one attached hydrogen (secondary N) is 3. The lowest BCUT2D eigenvalue weighted by atomic mass is 9.69. The van der Waals surface area contributed by atoms with Gasteiger partial charge < -0.3 is 21.1 Å². The summed E-state index contributed by atoms with van der Waals surface area (Å²) < 4.78 is 5.08. The first-order valence-corrected chi connectivity index (χ1v) is 14.3. The molecule has 0 bridgehead atoms. The molecule has 7 heteroatoms. The number of ether oxygens (including phenoxy) is 1. The molecule has 5 atom stereocenters. The summed E-state index contributed by atoms with van der Waals surface area (Å²) in [5, 5.41) is 10.4. The fourth-order valence-electron chi connectivity index (χ4n) is 7.52. The molecule has 196 valence electrons. The van der Waals surface area contributed by atoms with E-state index in [0.29, 0.717) is 31.2 Å². The predicted molar refractivity (Wildman–Crippen MR) is 137 cm³/mol. The third-order valence-electron chi connectivity index (χ3n) is 9.45. The molecule has 0 spiro atoms. The lowest BCUT2D eigenvalue weighted by Crippen LogP contribution is -2.45. The van der Waals surface area contributed by atoms with Crippen molar-refractivity contribution in [2.75, 3.05) is 53.1 Å². The summed E-state index contributed by atoms with van der Waals surface area (Å²) in [6.45, 7) is 6.29. The molecule has 5 N–H and O–H groups in total. The minimum Gasteiger partial charge on any atom is -0.383 e. The van der Waals surface area contributed by atoms with E-state index in [1.807, 2.05) is 0 Å². The normalized spacial score (nSPS) is 36.8. The van der Waals surface area contributed by atoms with Crippen LogP contribution in [0.5, 0.6) is 0 Å². The first-order valence-electron chi connectivity index (χ1n) is 14.3. The van der Waals surface area contributed by atoms with E-state index in [9.17, 15) is 4.79 Å². The van der Waals surface area contributed by atoms with Gasteiger partial charge in [0.25, 0.3) is 0 Å². The van der Waals surface area contributed by atoms with Crippen molar-refractivity contribution in [3.8, 4) is 0 Å². The number of methoxy groups -OCH3 is 1. The SMILES string of the molecule is COCCNC(=O)C1CCCC(CN2CNC3CCC(C4CCC(CNCCN)CC4)CC32)C1. The van der Waals surface area contributed by atoms with Crippen molar-refractivity contribution < 1.29 is 9.53 Å². The second kappa shape index (κ2) is 13.5. The van der Waals surface area contributed by atoms with Gasteiger partial charge in [-0.15, -0.1) is 0 Å². The number of carbonyl (C=O) groups excluding carboxylic acids is 1. The number of carbonyl (C=O) groups is 1. The zero-order chi connectivity index (χ0) is 23.8. The fourth-order valence-corrected chi connectivity index (χ4v) is 7.52. The summed E-state index contributed by atoms with van der Waals surface area (Å²) in [4.78, 5) is 15.4. The van der Waals surface area contributed by atoms with Crippen LogP contribution in [0.4, 0.5) is 0 Å². The maximum Gasteiger partial charge on any atom is 0.223 e. The second-order valence-corrected chi connectivity index (χ2v) is 11.7. The zero-order valence-electron chi connectivity index (χ0n) is 21.6. The van der Waals surface area contributed by atoms with Crippen molar-refractivity contribution >= 4 is 5.91 Å².